The van der Waals surface area contributed by atoms with E-state index in [2.05, 4.69) is 5.32 Å². The second-order valence-corrected chi connectivity index (χ2v) is 3.50. The first kappa shape index (κ1) is 10.8. The molecule has 0 atom stereocenters. The normalized spacial score (nSPS) is 10.4. The van der Waals surface area contributed by atoms with E-state index in [1.54, 1.807) is 7.11 Å². The highest BCUT2D eigenvalue weighted by molar-refractivity contribution is 5.65. The maximum atomic E-state index is 5.71. The van der Waals surface area contributed by atoms with Crippen molar-refractivity contribution in [2.45, 2.75) is 6.54 Å². The number of para-hydroxylation sites is 1. The zero-order valence-electron chi connectivity index (χ0n) is 9.49. The lowest BCUT2D eigenvalue weighted by atomic mass is 10.1. The van der Waals surface area contributed by atoms with Crippen molar-refractivity contribution in [3.05, 3.63) is 42.2 Å². The van der Waals surface area contributed by atoms with Crippen LogP contribution >= 0.6 is 0 Å². The average molecular weight is 217 g/mol. The molecule has 0 amide bonds. The van der Waals surface area contributed by atoms with E-state index in [4.69, 9.17) is 9.15 Å². The van der Waals surface area contributed by atoms with Crippen molar-refractivity contribution in [2.75, 3.05) is 14.2 Å². The van der Waals surface area contributed by atoms with E-state index >= 15 is 0 Å². The Balaban J connectivity index is 2.34. The predicted molar refractivity (Wildman–Crippen MR) is 63.5 cm³/mol. The minimum atomic E-state index is 0.731. The average Bonchev–Trinajstić information content (AvgIpc) is 2.78. The van der Waals surface area contributed by atoms with Gasteiger partial charge in [0.15, 0.2) is 0 Å². The molecule has 0 aliphatic heterocycles. The van der Waals surface area contributed by atoms with Gasteiger partial charge in [-0.15, -0.1) is 0 Å². The van der Waals surface area contributed by atoms with Crippen molar-refractivity contribution in [3.8, 4) is 17.1 Å². The summed E-state index contributed by atoms with van der Waals surface area (Å²) in [4.78, 5) is 0. The summed E-state index contributed by atoms with van der Waals surface area (Å²) in [6, 6.07) is 11.8. The molecule has 0 bridgehead atoms. The predicted octanol–water partition coefficient (Wildman–Crippen LogP) is 2.67. The summed E-state index contributed by atoms with van der Waals surface area (Å²) in [5.74, 6) is 2.58. The number of furan rings is 1. The van der Waals surface area contributed by atoms with Crippen molar-refractivity contribution in [2.24, 2.45) is 0 Å². The summed E-state index contributed by atoms with van der Waals surface area (Å²) in [7, 11) is 3.56. The summed E-state index contributed by atoms with van der Waals surface area (Å²) in [6.07, 6.45) is 0. The Morgan fingerprint density at radius 3 is 2.75 bits per heavy atom. The fourth-order valence-electron chi connectivity index (χ4n) is 1.64. The molecule has 1 aromatic heterocycles. The van der Waals surface area contributed by atoms with Gasteiger partial charge in [0.05, 0.1) is 19.2 Å². The third kappa shape index (κ3) is 2.09. The molecule has 3 nitrogen and oxygen atoms in total. The Morgan fingerprint density at radius 2 is 2.00 bits per heavy atom. The first-order valence-electron chi connectivity index (χ1n) is 5.22. The van der Waals surface area contributed by atoms with Crippen LogP contribution in [0.3, 0.4) is 0 Å². The summed E-state index contributed by atoms with van der Waals surface area (Å²) in [5.41, 5.74) is 0.979. The summed E-state index contributed by atoms with van der Waals surface area (Å²) in [6.45, 7) is 0.731. The quantitative estimate of drug-likeness (QED) is 0.855. The molecule has 2 aromatic rings. The lowest BCUT2D eigenvalue weighted by molar-refractivity contribution is 0.413. The minimum absolute atomic E-state index is 0.731. The Labute approximate surface area is 95.0 Å². The van der Waals surface area contributed by atoms with E-state index in [0.717, 1.165) is 29.4 Å². The van der Waals surface area contributed by atoms with Crippen LogP contribution in [0.2, 0.25) is 0 Å². The van der Waals surface area contributed by atoms with Crippen LogP contribution in [0.15, 0.2) is 40.8 Å². The van der Waals surface area contributed by atoms with Crippen LogP contribution in [0.5, 0.6) is 5.75 Å². The van der Waals surface area contributed by atoms with Crippen molar-refractivity contribution < 1.29 is 9.15 Å². The molecular formula is C13H15NO2. The van der Waals surface area contributed by atoms with E-state index in [1.807, 2.05) is 43.4 Å². The molecule has 0 unspecified atom stereocenters. The molecule has 0 saturated carbocycles. The lowest BCUT2D eigenvalue weighted by Crippen LogP contribution is -2.03. The molecule has 2 rings (SSSR count). The van der Waals surface area contributed by atoms with Crippen molar-refractivity contribution in [1.29, 1.82) is 0 Å². The highest BCUT2D eigenvalue weighted by Crippen LogP contribution is 2.30. The molecule has 0 fully saturated rings. The van der Waals surface area contributed by atoms with E-state index in [-0.39, 0.29) is 0 Å². The molecule has 0 radical (unpaired) electrons. The molecule has 1 N–H and O–H groups in total. The van der Waals surface area contributed by atoms with Gasteiger partial charge in [0.1, 0.15) is 17.3 Å². The molecular weight excluding hydrogens is 202 g/mol. The van der Waals surface area contributed by atoms with Gasteiger partial charge in [0, 0.05) is 0 Å². The van der Waals surface area contributed by atoms with Gasteiger partial charge in [0.2, 0.25) is 0 Å². The fraction of sp³-hybridized carbons (Fsp3) is 0.231. The number of hydrogen-bond acceptors (Lipinski definition) is 3. The van der Waals surface area contributed by atoms with E-state index in [9.17, 15) is 0 Å². The largest absolute Gasteiger partial charge is 0.496 e. The Morgan fingerprint density at radius 1 is 1.19 bits per heavy atom. The van der Waals surface area contributed by atoms with Crippen LogP contribution in [0.1, 0.15) is 5.76 Å². The van der Waals surface area contributed by atoms with Crippen LogP contribution in [-0.4, -0.2) is 14.2 Å². The first-order chi connectivity index (χ1) is 7.85. The standard InChI is InChI=1S/C13H15NO2/c1-14-9-10-7-8-13(16-10)11-5-3-4-6-12(11)15-2/h3-8,14H,9H2,1-2H3. The second kappa shape index (κ2) is 4.86. The van der Waals surface area contributed by atoms with Gasteiger partial charge >= 0.3 is 0 Å². The number of rotatable bonds is 4. The van der Waals surface area contributed by atoms with E-state index in [0.29, 0.717) is 0 Å². The van der Waals surface area contributed by atoms with Crippen LogP contribution in [0.25, 0.3) is 11.3 Å². The van der Waals surface area contributed by atoms with Gasteiger partial charge in [-0.25, -0.2) is 0 Å². The third-order valence-electron chi connectivity index (χ3n) is 2.39. The van der Waals surface area contributed by atoms with Crippen LogP contribution in [0.4, 0.5) is 0 Å². The molecule has 84 valence electrons. The monoisotopic (exact) mass is 217 g/mol. The van der Waals surface area contributed by atoms with Crippen LogP contribution in [-0.2, 0) is 6.54 Å². The van der Waals surface area contributed by atoms with Gasteiger partial charge in [-0.3, -0.25) is 0 Å². The zero-order chi connectivity index (χ0) is 11.4. The van der Waals surface area contributed by atoms with Gasteiger partial charge < -0.3 is 14.5 Å². The SMILES string of the molecule is CNCc1ccc(-c2ccccc2OC)o1. The second-order valence-electron chi connectivity index (χ2n) is 3.50. The summed E-state index contributed by atoms with van der Waals surface area (Å²) in [5, 5.41) is 3.05. The number of hydrogen-bond donors (Lipinski definition) is 1. The summed E-state index contributed by atoms with van der Waals surface area (Å²) < 4.78 is 11.0. The topological polar surface area (TPSA) is 34.4 Å². The Bertz CT molecular complexity index is 462. The van der Waals surface area contributed by atoms with E-state index in [1.165, 1.54) is 0 Å². The minimum Gasteiger partial charge on any atom is -0.496 e. The van der Waals surface area contributed by atoms with Crippen molar-refractivity contribution >= 4 is 0 Å². The number of methoxy groups -OCH3 is 1. The highest BCUT2D eigenvalue weighted by atomic mass is 16.5. The molecule has 3 heteroatoms. The van der Waals surface area contributed by atoms with Crippen molar-refractivity contribution in [1.82, 2.24) is 5.32 Å². The van der Waals surface area contributed by atoms with Crippen LogP contribution < -0.4 is 10.1 Å². The van der Waals surface area contributed by atoms with E-state index < -0.39 is 0 Å². The maximum Gasteiger partial charge on any atom is 0.138 e. The third-order valence-corrected chi connectivity index (χ3v) is 2.39. The number of benzene rings is 1. The molecule has 1 aromatic carbocycles. The fourth-order valence-corrected chi connectivity index (χ4v) is 1.64. The van der Waals surface area contributed by atoms with Gasteiger partial charge in [-0.1, -0.05) is 12.1 Å². The molecule has 0 saturated heterocycles. The van der Waals surface area contributed by atoms with Gasteiger partial charge in [0.25, 0.3) is 0 Å². The lowest BCUT2D eigenvalue weighted by Gasteiger charge is -2.05. The molecule has 0 aliphatic carbocycles. The zero-order valence-corrected chi connectivity index (χ0v) is 9.49. The molecule has 0 spiro atoms. The Hall–Kier alpha value is -1.74. The molecule has 1 heterocycles. The highest BCUT2D eigenvalue weighted by Gasteiger charge is 2.08. The van der Waals surface area contributed by atoms with Crippen molar-refractivity contribution in [3.63, 3.8) is 0 Å². The molecule has 16 heavy (non-hydrogen) atoms. The Kier molecular flexibility index (Phi) is 3.27. The maximum absolute atomic E-state index is 5.71. The first-order valence-corrected chi connectivity index (χ1v) is 5.22. The number of ether oxygens (including phenoxy) is 1. The number of nitrogens with one attached hydrogen (secondary N) is 1. The van der Waals surface area contributed by atoms with Gasteiger partial charge in [-0.05, 0) is 31.3 Å². The smallest absolute Gasteiger partial charge is 0.138 e. The molecule has 0 aliphatic rings. The van der Waals surface area contributed by atoms with Crippen LogP contribution in [0, 0.1) is 0 Å². The summed E-state index contributed by atoms with van der Waals surface area (Å²) >= 11 is 0. The van der Waals surface area contributed by atoms with Gasteiger partial charge in [-0.2, -0.15) is 0 Å².